The first kappa shape index (κ1) is 12.8. The van der Waals surface area contributed by atoms with Crippen molar-refractivity contribution in [2.45, 2.75) is 4.90 Å². The number of halogens is 1. The molecule has 2 rings (SSSR count). The molecule has 18 heavy (non-hydrogen) atoms. The minimum Gasteiger partial charge on any atom is -0.399 e. The summed E-state index contributed by atoms with van der Waals surface area (Å²) in [7, 11) is -3.75. The molecule has 2 aromatic rings. The lowest BCUT2D eigenvalue weighted by Gasteiger charge is -2.08. The number of nitrogens with two attached hydrogens (primary N) is 1. The number of anilines is 2. The van der Waals surface area contributed by atoms with E-state index in [0.717, 1.165) is 0 Å². The summed E-state index contributed by atoms with van der Waals surface area (Å²) in [6, 6.07) is 7.62. The lowest BCUT2D eigenvalue weighted by Crippen LogP contribution is -2.15. The molecule has 0 fully saturated rings. The van der Waals surface area contributed by atoms with Crippen molar-refractivity contribution in [3.63, 3.8) is 0 Å². The lowest BCUT2D eigenvalue weighted by atomic mass is 10.3. The molecule has 8 heteroatoms. The van der Waals surface area contributed by atoms with E-state index in [0.29, 0.717) is 10.2 Å². The second kappa shape index (κ2) is 4.91. The van der Waals surface area contributed by atoms with Crippen LogP contribution in [0.1, 0.15) is 0 Å². The summed E-state index contributed by atoms with van der Waals surface area (Å²) in [4.78, 5) is 0.0492. The van der Waals surface area contributed by atoms with E-state index in [-0.39, 0.29) is 10.7 Å². The largest absolute Gasteiger partial charge is 0.399 e. The molecule has 3 N–H and O–H groups in total. The maximum Gasteiger partial charge on any atom is 0.264 e. The van der Waals surface area contributed by atoms with E-state index in [1.165, 1.54) is 18.3 Å². The molecule has 94 valence electrons. The number of nitrogens with one attached hydrogen (secondary N) is 1. The molecule has 1 aromatic heterocycles. The summed E-state index contributed by atoms with van der Waals surface area (Å²) >= 11 is 3.17. The molecular weight excluding hydrogens is 320 g/mol. The molecule has 0 atom stereocenters. The van der Waals surface area contributed by atoms with Gasteiger partial charge in [-0.3, -0.25) is 4.72 Å². The topological polar surface area (TPSA) is 98.0 Å². The van der Waals surface area contributed by atoms with Gasteiger partial charge < -0.3 is 5.73 Å². The van der Waals surface area contributed by atoms with Gasteiger partial charge in [-0.2, -0.15) is 5.10 Å². The molecule has 0 saturated heterocycles. The van der Waals surface area contributed by atoms with Gasteiger partial charge in [-0.1, -0.05) is 0 Å². The van der Waals surface area contributed by atoms with Crippen molar-refractivity contribution in [1.82, 2.24) is 10.2 Å². The molecule has 1 heterocycles. The Hall–Kier alpha value is -1.67. The second-order valence-corrected chi connectivity index (χ2v) is 5.91. The molecule has 6 nitrogen and oxygen atoms in total. The van der Waals surface area contributed by atoms with E-state index in [4.69, 9.17) is 5.73 Å². The Bertz CT molecular complexity index is 661. The fraction of sp³-hybridized carbons (Fsp3) is 0. The fourth-order valence-electron chi connectivity index (χ4n) is 1.27. The highest BCUT2D eigenvalue weighted by Gasteiger charge is 2.18. The van der Waals surface area contributed by atoms with Crippen LogP contribution < -0.4 is 10.5 Å². The first-order valence-electron chi connectivity index (χ1n) is 4.84. The predicted octanol–water partition coefficient (Wildman–Crippen LogP) is 1.62. The summed E-state index contributed by atoms with van der Waals surface area (Å²) in [5.74, 6) is 0.145. The van der Waals surface area contributed by atoms with Crippen LogP contribution in [0.25, 0.3) is 0 Å². The van der Waals surface area contributed by atoms with E-state index in [2.05, 4.69) is 30.8 Å². The predicted molar refractivity (Wildman–Crippen MR) is 71.4 cm³/mol. The maximum absolute atomic E-state index is 12.1. The van der Waals surface area contributed by atoms with Gasteiger partial charge in [-0.05, 0) is 46.3 Å². The SMILES string of the molecule is Nc1ccc(Br)c(S(=O)(=O)Nc2cccnn2)c1. The Morgan fingerprint density at radius 2 is 2.06 bits per heavy atom. The Kier molecular flexibility index (Phi) is 3.48. The van der Waals surface area contributed by atoms with Crippen molar-refractivity contribution < 1.29 is 8.42 Å². The number of rotatable bonds is 3. The van der Waals surface area contributed by atoms with Crippen molar-refractivity contribution in [1.29, 1.82) is 0 Å². The number of sulfonamides is 1. The van der Waals surface area contributed by atoms with Gasteiger partial charge in [0, 0.05) is 16.4 Å². The van der Waals surface area contributed by atoms with Gasteiger partial charge in [0.1, 0.15) is 4.90 Å². The Morgan fingerprint density at radius 1 is 1.28 bits per heavy atom. The van der Waals surface area contributed by atoms with Crippen molar-refractivity contribution in [3.8, 4) is 0 Å². The normalized spacial score (nSPS) is 11.2. The highest BCUT2D eigenvalue weighted by Crippen LogP contribution is 2.25. The van der Waals surface area contributed by atoms with Crippen LogP contribution in [0.2, 0.25) is 0 Å². The molecule has 0 unspecified atom stereocenters. The molecule has 0 aliphatic heterocycles. The van der Waals surface area contributed by atoms with Crippen LogP contribution >= 0.6 is 15.9 Å². The molecule has 0 aliphatic rings. The third-order valence-corrected chi connectivity index (χ3v) is 4.40. The number of aromatic nitrogens is 2. The van der Waals surface area contributed by atoms with Crippen LogP contribution in [0.3, 0.4) is 0 Å². The standard InChI is InChI=1S/C10H9BrN4O2S/c11-8-4-3-7(12)6-9(8)18(16,17)15-10-2-1-5-13-14-10/h1-6H,12H2,(H,14,15). The first-order chi connectivity index (χ1) is 8.49. The van der Waals surface area contributed by atoms with Gasteiger partial charge in [-0.25, -0.2) is 8.42 Å². The highest BCUT2D eigenvalue weighted by atomic mass is 79.9. The summed E-state index contributed by atoms with van der Waals surface area (Å²) in [6.07, 6.45) is 1.45. The van der Waals surface area contributed by atoms with Crippen molar-refractivity contribution in [3.05, 3.63) is 41.0 Å². The molecule has 0 aliphatic carbocycles. The number of hydrogen-bond donors (Lipinski definition) is 2. The lowest BCUT2D eigenvalue weighted by molar-refractivity contribution is 0.600. The molecule has 0 amide bonds. The zero-order valence-corrected chi connectivity index (χ0v) is 11.4. The quantitative estimate of drug-likeness (QED) is 0.834. The van der Waals surface area contributed by atoms with Gasteiger partial charge >= 0.3 is 0 Å². The van der Waals surface area contributed by atoms with Crippen LogP contribution in [-0.4, -0.2) is 18.6 Å². The van der Waals surface area contributed by atoms with Crippen molar-refractivity contribution >= 4 is 37.5 Å². The highest BCUT2D eigenvalue weighted by molar-refractivity contribution is 9.10. The van der Waals surface area contributed by atoms with Gasteiger partial charge in [0.2, 0.25) is 0 Å². The maximum atomic E-state index is 12.1. The molecule has 0 spiro atoms. The van der Waals surface area contributed by atoms with Gasteiger partial charge in [0.25, 0.3) is 10.0 Å². The smallest absolute Gasteiger partial charge is 0.264 e. The number of hydrogen-bond acceptors (Lipinski definition) is 5. The van der Waals surface area contributed by atoms with E-state index in [1.807, 2.05) is 0 Å². The molecule has 0 saturated carbocycles. The van der Waals surface area contributed by atoms with Gasteiger partial charge in [-0.15, -0.1) is 5.10 Å². The van der Waals surface area contributed by atoms with E-state index in [1.54, 1.807) is 18.2 Å². The van der Waals surface area contributed by atoms with Crippen molar-refractivity contribution in [2.75, 3.05) is 10.5 Å². The van der Waals surface area contributed by atoms with Crippen molar-refractivity contribution in [2.24, 2.45) is 0 Å². The number of nitrogen functional groups attached to an aromatic ring is 1. The zero-order valence-electron chi connectivity index (χ0n) is 9.04. The number of nitrogens with zero attached hydrogens (tertiary/aromatic N) is 2. The Balaban J connectivity index is 2.40. The third-order valence-electron chi connectivity index (χ3n) is 2.06. The van der Waals surface area contributed by atoms with Crippen LogP contribution in [0.4, 0.5) is 11.5 Å². The van der Waals surface area contributed by atoms with Crippen LogP contribution in [0.5, 0.6) is 0 Å². The third kappa shape index (κ3) is 2.77. The summed E-state index contributed by atoms with van der Waals surface area (Å²) in [6.45, 7) is 0. The molecule has 0 bridgehead atoms. The van der Waals surface area contributed by atoms with Crippen LogP contribution in [0.15, 0.2) is 45.9 Å². The van der Waals surface area contributed by atoms with Crippen LogP contribution in [0, 0.1) is 0 Å². The van der Waals surface area contributed by atoms with Gasteiger partial charge in [0.05, 0.1) is 0 Å². The summed E-state index contributed by atoms with van der Waals surface area (Å²) in [5.41, 5.74) is 5.94. The van der Waals surface area contributed by atoms with E-state index in [9.17, 15) is 8.42 Å². The molecule has 1 aromatic carbocycles. The van der Waals surface area contributed by atoms with Crippen LogP contribution in [-0.2, 0) is 10.0 Å². The molecular formula is C10H9BrN4O2S. The Morgan fingerprint density at radius 3 is 2.72 bits per heavy atom. The van der Waals surface area contributed by atoms with E-state index < -0.39 is 10.0 Å². The summed E-state index contributed by atoms with van der Waals surface area (Å²) in [5, 5.41) is 7.24. The molecule has 0 radical (unpaired) electrons. The summed E-state index contributed by atoms with van der Waals surface area (Å²) < 4.78 is 27.0. The average molecular weight is 329 g/mol. The van der Waals surface area contributed by atoms with Gasteiger partial charge in [0.15, 0.2) is 5.82 Å². The zero-order chi connectivity index (χ0) is 13.2. The minimum atomic E-state index is -3.75. The second-order valence-electron chi connectivity index (χ2n) is 3.40. The van der Waals surface area contributed by atoms with E-state index >= 15 is 0 Å². The average Bonchev–Trinajstić information content (AvgIpc) is 2.33. The fourth-order valence-corrected chi connectivity index (χ4v) is 3.27. The number of benzene rings is 1. The minimum absolute atomic E-state index is 0.0492. The monoisotopic (exact) mass is 328 g/mol. The Labute approximate surface area is 112 Å². The first-order valence-corrected chi connectivity index (χ1v) is 7.12.